The highest BCUT2D eigenvalue weighted by atomic mass is 35.5. The minimum absolute atomic E-state index is 0.0158. The molecule has 44 heavy (non-hydrogen) atoms. The molecule has 4 N–H and O–H groups in total. The highest BCUT2D eigenvalue weighted by Crippen LogP contribution is 2.50. The molecule has 0 radical (unpaired) electrons. The maximum Gasteiger partial charge on any atom is 0.249 e. The molecule has 3 aromatic carbocycles. The monoisotopic (exact) mass is 626 g/mol. The lowest BCUT2D eigenvalue weighted by atomic mass is 9.82. The Morgan fingerprint density at radius 2 is 1.89 bits per heavy atom. The van der Waals surface area contributed by atoms with Crippen molar-refractivity contribution in [2.45, 2.75) is 75.2 Å². The van der Waals surface area contributed by atoms with E-state index in [4.69, 9.17) is 31.5 Å². The van der Waals surface area contributed by atoms with Crippen LogP contribution in [-0.2, 0) is 16.8 Å². The number of aliphatic hydroxyl groups is 1. The summed E-state index contributed by atoms with van der Waals surface area (Å²) in [6.07, 6.45) is 4.68. The number of nitrogens with one attached hydrogen (secondary N) is 1. The van der Waals surface area contributed by atoms with Crippen molar-refractivity contribution < 1.29 is 32.9 Å². The Hall–Kier alpha value is -3.24. The molecule has 3 aliphatic rings. The molecule has 10 heteroatoms. The first-order chi connectivity index (χ1) is 21.1. The molecule has 1 saturated carbocycles. The number of halogens is 3. The van der Waals surface area contributed by atoms with Gasteiger partial charge in [-0.05, 0) is 63.1 Å². The van der Waals surface area contributed by atoms with Crippen LogP contribution in [0.15, 0.2) is 48.5 Å². The van der Waals surface area contributed by atoms with Gasteiger partial charge in [0.1, 0.15) is 18.2 Å². The van der Waals surface area contributed by atoms with E-state index in [1.807, 2.05) is 37.3 Å². The van der Waals surface area contributed by atoms with E-state index in [2.05, 4.69) is 5.32 Å². The second-order valence-electron chi connectivity index (χ2n) is 12.4. The Morgan fingerprint density at radius 3 is 2.57 bits per heavy atom. The van der Waals surface area contributed by atoms with Crippen LogP contribution in [0.5, 0.6) is 11.5 Å². The van der Waals surface area contributed by atoms with Crippen LogP contribution in [0.25, 0.3) is 11.1 Å². The fourth-order valence-corrected chi connectivity index (χ4v) is 6.90. The molecule has 2 atom stereocenters. The highest BCUT2D eigenvalue weighted by molar-refractivity contribution is 6.34. The average Bonchev–Trinajstić information content (AvgIpc) is 3.66. The predicted molar refractivity (Wildman–Crippen MR) is 163 cm³/mol. The van der Waals surface area contributed by atoms with Crippen molar-refractivity contribution in [1.29, 1.82) is 0 Å². The summed E-state index contributed by atoms with van der Waals surface area (Å²) in [5.74, 6) is -2.47. The molecule has 1 saturated heterocycles. The van der Waals surface area contributed by atoms with E-state index in [0.29, 0.717) is 31.6 Å². The van der Waals surface area contributed by atoms with Crippen molar-refractivity contribution in [2.75, 3.05) is 19.8 Å². The van der Waals surface area contributed by atoms with E-state index in [9.17, 15) is 9.90 Å². The van der Waals surface area contributed by atoms with Gasteiger partial charge in [-0.2, -0.15) is 0 Å². The van der Waals surface area contributed by atoms with Crippen LogP contribution < -0.4 is 20.5 Å². The molecule has 7 nitrogen and oxygen atoms in total. The predicted octanol–water partition coefficient (Wildman–Crippen LogP) is 6.06. The van der Waals surface area contributed by atoms with E-state index in [-0.39, 0.29) is 58.4 Å². The largest absolute Gasteiger partial charge is 0.488 e. The van der Waals surface area contributed by atoms with Crippen molar-refractivity contribution in [1.82, 2.24) is 5.32 Å². The van der Waals surface area contributed by atoms with Crippen LogP contribution in [0.3, 0.4) is 0 Å². The second kappa shape index (κ2) is 12.3. The molecule has 1 amide bonds. The van der Waals surface area contributed by atoms with Crippen molar-refractivity contribution >= 4 is 17.5 Å². The van der Waals surface area contributed by atoms with Crippen LogP contribution in [0, 0.1) is 11.6 Å². The van der Waals surface area contributed by atoms with E-state index in [1.54, 1.807) is 0 Å². The van der Waals surface area contributed by atoms with Gasteiger partial charge in [0.2, 0.25) is 5.91 Å². The third kappa shape index (κ3) is 6.03. The molecule has 0 bridgehead atoms. The van der Waals surface area contributed by atoms with Gasteiger partial charge in [0, 0.05) is 48.4 Å². The lowest BCUT2D eigenvalue weighted by molar-refractivity contribution is 0.0104. The smallest absolute Gasteiger partial charge is 0.249 e. The number of carbonyl (C=O) groups excluding carboxylic acids is 1. The molecular formula is C34H37ClF2N2O5. The van der Waals surface area contributed by atoms with Crippen molar-refractivity contribution in [3.8, 4) is 22.6 Å². The van der Waals surface area contributed by atoms with Crippen LogP contribution >= 0.6 is 11.6 Å². The van der Waals surface area contributed by atoms with Gasteiger partial charge in [0.05, 0.1) is 22.3 Å². The van der Waals surface area contributed by atoms with Crippen molar-refractivity contribution in [3.05, 3.63) is 81.9 Å². The number of ether oxygens (including phenoxy) is 3. The van der Waals surface area contributed by atoms with Gasteiger partial charge in [-0.1, -0.05) is 41.9 Å². The summed E-state index contributed by atoms with van der Waals surface area (Å²) in [6.45, 7) is 2.97. The molecule has 1 aliphatic carbocycles. The second-order valence-corrected chi connectivity index (χ2v) is 12.8. The Labute approximate surface area is 260 Å². The SMILES string of the molecule is C[C@]1(O)CC[C@H](NC[C@@]2(c3ccccc3)Cc3c(cc(F)c(Cl)c3-c3c(C(N)=O)ccc(OC[C@H]4CCCO4)c3F)O2)CC1. The van der Waals surface area contributed by atoms with Gasteiger partial charge in [0.25, 0.3) is 0 Å². The summed E-state index contributed by atoms with van der Waals surface area (Å²) in [6, 6.07) is 13.6. The first-order valence-electron chi connectivity index (χ1n) is 15.2. The minimum Gasteiger partial charge on any atom is -0.488 e. The molecule has 2 aliphatic heterocycles. The van der Waals surface area contributed by atoms with Crippen molar-refractivity contribution in [2.24, 2.45) is 5.73 Å². The maximum absolute atomic E-state index is 16.4. The number of nitrogens with two attached hydrogens (primary N) is 1. The van der Waals surface area contributed by atoms with Gasteiger partial charge >= 0.3 is 0 Å². The molecule has 6 rings (SSSR count). The quantitative estimate of drug-likeness (QED) is 0.267. The van der Waals surface area contributed by atoms with Crippen LogP contribution in [0.4, 0.5) is 8.78 Å². The lowest BCUT2D eigenvalue weighted by Gasteiger charge is -2.36. The fraction of sp³-hybridized carbons (Fsp3) is 0.441. The summed E-state index contributed by atoms with van der Waals surface area (Å²) in [5, 5.41) is 13.7. The minimum atomic E-state index is -0.979. The number of hydrogen-bond acceptors (Lipinski definition) is 6. The molecule has 234 valence electrons. The number of benzene rings is 3. The number of hydrogen-bond donors (Lipinski definition) is 3. The molecular weight excluding hydrogens is 590 g/mol. The zero-order valence-electron chi connectivity index (χ0n) is 24.6. The average molecular weight is 627 g/mol. The Balaban J connectivity index is 1.40. The third-order valence-electron chi connectivity index (χ3n) is 9.16. The van der Waals surface area contributed by atoms with Gasteiger partial charge in [-0.3, -0.25) is 4.79 Å². The zero-order valence-corrected chi connectivity index (χ0v) is 25.4. The number of rotatable bonds is 9. The first kappa shape index (κ1) is 30.8. The zero-order chi connectivity index (χ0) is 31.1. The summed E-state index contributed by atoms with van der Waals surface area (Å²) in [5.41, 5.74) is 5.01. The third-order valence-corrected chi connectivity index (χ3v) is 9.53. The van der Waals surface area contributed by atoms with E-state index in [1.165, 1.54) is 18.2 Å². The van der Waals surface area contributed by atoms with Gasteiger partial charge in [-0.15, -0.1) is 0 Å². The fourth-order valence-electron chi connectivity index (χ4n) is 6.63. The normalized spacial score (nSPS) is 26.3. The summed E-state index contributed by atoms with van der Waals surface area (Å²) < 4.78 is 49.9. The molecule has 3 aromatic rings. The summed E-state index contributed by atoms with van der Waals surface area (Å²) in [4.78, 5) is 12.6. The Bertz CT molecular complexity index is 1540. The molecule has 0 spiro atoms. The van der Waals surface area contributed by atoms with Gasteiger partial charge in [0.15, 0.2) is 17.2 Å². The van der Waals surface area contributed by atoms with Crippen LogP contribution in [-0.4, -0.2) is 48.5 Å². The van der Waals surface area contributed by atoms with Gasteiger partial charge < -0.3 is 30.4 Å². The Kier molecular flexibility index (Phi) is 8.58. The molecule has 0 unspecified atom stereocenters. The number of primary amides is 1. The molecule has 2 fully saturated rings. The molecule has 0 aromatic heterocycles. The van der Waals surface area contributed by atoms with Crippen molar-refractivity contribution in [3.63, 3.8) is 0 Å². The van der Waals surface area contributed by atoms with Crippen LogP contribution in [0.1, 0.15) is 66.9 Å². The number of fused-ring (bicyclic) bond motifs is 1. The Morgan fingerprint density at radius 1 is 1.14 bits per heavy atom. The van der Waals surface area contributed by atoms with E-state index >= 15 is 8.78 Å². The lowest BCUT2D eigenvalue weighted by Crippen LogP contribution is -2.48. The topological polar surface area (TPSA) is 103 Å². The summed E-state index contributed by atoms with van der Waals surface area (Å²) in [7, 11) is 0. The number of carbonyl (C=O) groups is 1. The standard InChI is InChI=1S/C34H37ClF2N2O5/c1-33(41)13-11-21(12-14-33)39-19-34(20-6-3-2-4-7-20)17-24-27(44-34)16-25(36)30(35)28(24)29-23(32(38)40)9-10-26(31(29)37)43-18-22-8-5-15-42-22/h2-4,6-7,9-10,16,21-22,39,41H,5,8,11-15,17-19H2,1H3,(H2,38,40)/t21-,22-,33-,34-/m1/s1. The molecule has 2 heterocycles. The van der Waals surface area contributed by atoms with E-state index < -0.39 is 28.7 Å². The summed E-state index contributed by atoms with van der Waals surface area (Å²) >= 11 is 6.61. The highest BCUT2D eigenvalue weighted by Gasteiger charge is 2.45. The number of amides is 1. The maximum atomic E-state index is 16.4. The van der Waals surface area contributed by atoms with Gasteiger partial charge in [-0.25, -0.2) is 8.78 Å². The van der Waals surface area contributed by atoms with E-state index in [0.717, 1.165) is 31.2 Å². The van der Waals surface area contributed by atoms with Crippen LogP contribution in [0.2, 0.25) is 5.02 Å². The first-order valence-corrected chi connectivity index (χ1v) is 15.5.